The Labute approximate surface area is 89.1 Å². The van der Waals surface area contributed by atoms with Crippen LogP contribution in [0.4, 0.5) is 5.69 Å². The molecule has 1 saturated heterocycles. The third kappa shape index (κ3) is 1.83. The van der Waals surface area contributed by atoms with Crippen LogP contribution in [0, 0.1) is 0 Å². The monoisotopic (exact) mass is 211 g/mol. The first kappa shape index (κ1) is 9.74. The van der Waals surface area contributed by atoms with Gasteiger partial charge in [-0.25, -0.2) is 4.98 Å². The zero-order valence-corrected chi connectivity index (χ0v) is 8.96. The van der Waals surface area contributed by atoms with Gasteiger partial charge in [0.05, 0.1) is 18.1 Å². The number of anilines is 1. The summed E-state index contributed by atoms with van der Waals surface area (Å²) in [5.41, 5.74) is 1.14. The van der Waals surface area contributed by atoms with Crippen LogP contribution in [0.1, 0.15) is 12.8 Å². The predicted molar refractivity (Wildman–Crippen MR) is 58.7 cm³/mol. The Balaban J connectivity index is 2.17. The maximum absolute atomic E-state index is 5.74. The van der Waals surface area contributed by atoms with Gasteiger partial charge in [0, 0.05) is 6.54 Å². The molecular weight excluding hydrogens is 198 g/mol. The van der Waals surface area contributed by atoms with Gasteiger partial charge in [-0.2, -0.15) is 0 Å². The van der Waals surface area contributed by atoms with Crippen LogP contribution in [-0.4, -0.2) is 24.7 Å². The molecule has 0 saturated carbocycles. The summed E-state index contributed by atoms with van der Waals surface area (Å²) in [5, 5.41) is 3.84. The van der Waals surface area contributed by atoms with E-state index in [-0.39, 0.29) is 0 Å². The lowest BCUT2D eigenvalue weighted by atomic mass is 10.3. The van der Waals surface area contributed by atoms with E-state index in [0.717, 1.165) is 12.2 Å². The fourth-order valence-electron chi connectivity index (χ4n) is 1.91. The zero-order valence-electron chi connectivity index (χ0n) is 8.20. The molecule has 0 radical (unpaired) electrons. The molecule has 1 aliphatic heterocycles. The highest BCUT2D eigenvalue weighted by Gasteiger charge is 2.22. The minimum atomic E-state index is 0.443. The second-order valence-electron chi connectivity index (χ2n) is 3.48. The average Bonchev–Trinajstić information content (AvgIpc) is 2.67. The summed E-state index contributed by atoms with van der Waals surface area (Å²) in [6.45, 7) is 1.09. The highest BCUT2D eigenvalue weighted by atomic mass is 35.5. The largest absolute Gasteiger partial charge is 0.355 e. The van der Waals surface area contributed by atoms with Gasteiger partial charge in [-0.1, -0.05) is 11.6 Å². The van der Waals surface area contributed by atoms with E-state index in [1.54, 1.807) is 0 Å². The highest BCUT2D eigenvalue weighted by Crippen LogP contribution is 2.23. The first-order chi connectivity index (χ1) is 6.81. The fourth-order valence-corrected chi connectivity index (χ4v) is 2.03. The van der Waals surface area contributed by atoms with Crippen LogP contribution in [0.15, 0.2) is 18.3 Å². The molecule has 76 valence electrons. The summed E-state index contributed by atoms with van der Waals surface area (Å²) >= 11 is 5.74. The summed E-state index contributed by atoms with van der Waals surface area (Å²) in [6.07, 6.45) is 4.70. The number of nitrogens with one attached hydrogen (secondary N) is 1. The first-order valence-corrected chi connectivity index (χ1v) is 5.24. The van der Waals surface area contributed by atoms with Crippen molar-refractivity contribution in [3.05, 3.63) is 23.5 Å². The molecule has 0 aliphatic carbocycles. The molecule has 1 aromatic heterocycles. The van der Waals surface area contributed by atoms with Crippen LogP contribution >= 0.6 is 11.6 Å². The molecule has 1 aliphatic rings. The molecule has 2 rings (SSSR count). The lowest BCUT2D eigenvalue weighted by Crippen LogP contribution is -2.39. The first-order valence-electron chi connectivity index (χ1n) is 4.87. The van der Waals surface area contributed by atoms with Gasteiger partial charge in [0.25, 0.3) is 0 Å². The van der Waals surface area contributed by atoms with E-state index in [1.165, 1.54) is 12.8 Å². The molecule has 1 atom stereocenters. The van der Waals surface area contributed by atoms with E-state index in [9.17, 15) is 0 Å². The number of hydrogen-bond acceptors (Lipinski definition) is 3. The standard InChI is InChI=1S/C10H14ClN3/c1-12-10-3-2-6-14(10)8-4-5-9(11)13-7-8/h4-5,7,10,12H,2-3,6H2,1H3. The van der Waals surface area contributed by atoms with Gasteiger partial charge >= 0.3 is 0 Å². The number of aromatic nitrogens is 1. The number of rotatable bonds is 2. The van der Waals surface area contributed by atoms with E-state index >= 15 is 0 Å². The minimum absolute atomic E-state index is 0.443. The summed E-state index contributed by atoms with van der Waals surface area (Å²) in [7, 11) is 1.99. The Kier molecular flexibility index (Phi) is 2.89. The van der Waals surface area contributed by atoms with Crippen LogP contribution in [0.3, 0.4) is 0 Å². The SMILES string of the molecule is CNC1CCCN1c1ccc(Cl)nc1. The third-order valence-electron chi connectivity index (χ3n) is 2.63. The summed E-state index contributed by atoms with van der Waals surface area (Å²) in [5.74, 6) is 0. The number of hydrogen-bond donors (Lipinski definition) is 1. The second-order valence-corrected chi connectivity index (χ2v) is 3.87. The maximum atomic E-state index is 5.74. The molecule has 4 heteroatoms. The zero-order chi connectivity index (χ0) is 9.97. The van der Waals surface area contributed by atoms with Gasteiger partial charge in [-0.05, 0) is 32.0 Å². The van der Waals surface area contributed by atoms with Crippen molar-refractivity contribution in [3.8, 4) is 0 Å². The normalized spacial score (nSPS) is 21.6. The van der Waals surface area contributed by atoms with Crippen LogP contribution < -0.4 is 10.2 Å². The molecule has 1 fully saturated rings. The number of pyridine rings is 1. The van der Waals surface area contributed by atoms with Crippen molar-refractivity contribution in [1.82, 2.24) is 10.3 Å². The number of nitrogens with zero attached hydrogens (tertiary/aromatic N) is 2. The second kappa shape index (κ2) is 4.15. The Hall–Kier alpha value is -0.800. The van der Waals surface area contributed by atoms with Crippen molar-refractivity contribution < 1.29 is 0 Å². The Morgan fingerprint density at radius 2 is 2.43 bits per heavy atom. The van der Waals surface area contributed by atoms with Crippen LogP contribution in [0.5, 0.6) is 0 Å². The van der Waals surface area contributed by atoms with Gasteiger partial charge in [0.15, 0.2) is 0 Å². The van der Waals surface area contributed by atoms with Crippen molar-refractivity contribution >= 4 is 17.3 Å². The molecule has 1 aromatic rings. The molecule has 0 amide bonds. The Bertz CT molecular complexity index is 299. The quantitative estimate of drug-likeness (QED) is 0.758. The molecule has 0 bridgehead atoms. The molecule has 3 nitrogen and oxygen atoms in total. The molecule has 1 N–H and O–H groups in total. The number of halogens is 1. The van der Waals surface area contributed by atoms with E-state index in [0.29, 0.717) is 11.3 Å². The summed E-state index contributed by atoms with van der Waals surface area (Å²) in [4.78, 5) is 6.41. The van der Waals surface area contributed by atoms with Gasteiger partial charge in [-0.3, -0.25) is 0 Å². The lowest BCUT2D eigenvalue weighted by molar-refractivity contribution is 0.582. The van der Waals surface area contributed by atoms with Crippen molar-refractivity contribution in [1.29, 1.82) is 0 Å². The van der Waals surface area contributed by atoms with E-state index < -0.39 is 0 Å². The molecule has 1 unspecified atom stereocenters. The van der Waals surface area contributed by atoms with Crippen molar-refractivity contribution in [2.45, 2.75) is 19.0 Å². The maximum Gasteiger partial charge on any atom is 0.129 e. The van der Waals surface area contributed by atoms with E-state index in [4.69, 9.17) is 11.6 Å². The van der Waals surface area contributed by atoms with Crippen LogP contribution in [0.25, 0.3) is 0 Å². The molecule has 2 heterocycles. The minimum Gasteiger partial charge on any atom is -0.355 e. The fraction of sp³-hybridized carbons (Fsp3) is 0.500. The van der Waals surface area contributed by atoms with Gasteiger partial charge in [0.1, 0.15) is 5.15 Å². The summed E-state index contributed by atoms with van der Waals surface area (Å²) in [6, 6.07) is 3.85. The van der Waals surface area contributed by atoms with E-state index in [2.05, 4.69) is 15.2 Å². The molecule has 0 aromatic carbocycles. The van der Waals surface area contributed by atoms with Gasteiger partial charge < -0.3 is 10.2 Å². The van der Waals surface area contributed by atoms with Crippen molar-refractivity contribution in [2.24, 2.45) is 0 Å². The smallest absolute Gasteiger partial charge is 0.129 e. The lowest BCUT2D eigenvalue weighted by Gasteiger charge is -2.25. The highest BCUT2D eigenvalue weighted by molar-refractivity contribution is 6.29. The molecule has 14 heavy (non-hydrogen) atoms. The van der Waals surface area contributed by atoms with Gasteiger partial charge in [0.2, 0.25) is 0 Å². The van der Waals surface area contributed by atoms with Crippen LogP contribution in [0.2, 0.25) is 5.15 Å². The van der Waals surface area contributed by atoms with Crippen LogP contribution in [-0.2, 0) is 0 Å². The Morgan fingerprint density at radius 3 is 3.07 bits per heavy atom. The van der Waals surface area contributed by atoms with Gasteiger partial charge in [-0.15, -0.1) is 0 Å². The van der Waals surface area contributed by atoms with E-state index in [1.807, 2.05) is 25.4 Å². The molecular formula is C10H14ClN3. The van der Waals surface area contributed by atoms with Crippen molar-refractivity contribution in [3.63, 3.8) is 0 Å². The third-order valence-corrected chi connectivity index (χ3v) is 2.85. The Morgan fingerprint density at radius 1 is 1.57 bits per heavy atom. The molecule has 0 spiro atoms. The summed E-state index contributed by atoms with van der Waals surface area (Å²) < 4.78 is 0. The average molecular weight is 212 g/mol. The topological polar surface area (TPSA) is 28.2 Å². The van der Waals surface area contributed by atoms with Crippen molar-refractivity contribution in [2.75, 3.05) is 18.5 Å². The predicted octanol–water partition coefficient (Wildman–Crippen LogP) is 1.88.